The van der Waals surface area contributed by atoms with Gasteiger partial charge in [-0.2, -0.15) is 0 Å². The first-order valence-corrected chi connectivity index (χ1v) is 6.79. The second-order valence-electron chi connectivity index (χ2n) is 4.52. The molecular formula is C16H15FN2O4. The molecule has 2 rings (SSSR count). The highest BCUT2D eigenvalue weighted by atomic mass is 19.1. The fourth-order valence-electron chi connectivity index (χ4n) is 1.59. The normalized spacial score (nSPS) is 11.9. The van der Waals surface area contributed by atoms with Crippen LogP contribution in [-0.4, -0.2) is 17.9 Å². The number of para-hydroxylation sites is 1. The van der Waals surface area contributed by atoms with E-state index in [0.29, 0.717) is 5.76 Å². The van der Waals surface area contributed by atoms with E-state index >= 15 is 0 Å². The molecule has 2 amide bonds. The molecule has 0 bridgehead atoms. The topological polar surface area (TPSA) is 80.6 Å². The Kier molecular flexibility index (Phi) is 5.51. The van der Waals surface area contributed by atoms with Crippen molar-refractivity contribution in [1.82, 2.24) is 10.9 Å². The fourth-order valence-corrected chi connectivity index (χ4v) is 1.59. The van der Waals surface area contributed by atoms with Gasteiger partial charge in [-0.05, 0) is 37.3 Å². The molecule has 0 saturated heterocycles. The van der Waals surface area contributed by atoms with Gasteiger partial charge < -0.3 is 9.15 Å². The van der Waals surface area contributed by atoms with E-state index in [2.05, 4.69) is 10.9 Å². The Morgan fingerprint density at radius 2 is 2.00 bits per heavy atom. The van der Waals surface area contributed by atoms with Crippen molar-refractivity contribution < 1.29 is 23.1 Å². The number of carbonyl (C=O) groups is 2. The van der Waals surface area contributed by atoms with Crippen LogP contribution in [0.15, 0.2) is 53.2 Å². The van der Waals surface area contributed by atoms with Gasteiger partial charge in [-0.3, -0.25) is 20.4 Å². The van der Waals surface area contributed by atoms with Crippen LogP contribution in [0.3, 0.4) is 0 Å². The van der Waals surface area contributed by atoms with Crippen LogP contribution in [0.5, 0.6) is 5.75 Å². The molecule has 0 aliphatic carbocycles. The number of benzene rings is 1. The molecule has 7 heteroatoms. The Hall–Kier alpha value is -3.09. The molecule has 1 aromatic carbocycles. The van der Waals surface area contributed by atoms with E-state index in [4.69, 9.17) is 9.15 Å². The quantitative estimate of drug-likeness (QED) is 0.653. The first-order valence-electron chi connectivity index (χ1n) is 6.79. The number of hydrogen-bond acceptors (Lipinski definition) is 4. The lowest BCUT2D eigenvalue weighted by atomic mass is 10.3. The van der Waals surface area contributed by atoms with Gasteiger partial charge in [0.05, 0.1) is 6.26 Å². The van der Waals surface area contributed by atoms with Crippen molar-refractivity contribution >= 4 is 17.9 Å². The van der Waals surface area contributed by atoms with Crippen LogP contribution in [0.1, 0.15) is 12.7 Å². The van der Waals surface area contributed by atoms with Gasteiger partial charge >= 0.3 is 0 Å². The Morgan fingerprint density at radius 3 is 2.70 bits per heavy atom. The van der Waals surface area contributed by atoms with Gasteiger partial charge in [-0.1, -0.05) is 12.1 Å². The summed E-state index contributed by atoms with van der Waals surface area (Å²) in [6, 6.07) is 9.08. The summed E-state index contributed by atoms with van der Waals surface area (Å²) in [5.41, 5.74) is 4.37. The molecule has 2 aromatic rings. The lowest BCUT2D eigenvalue weighted by Crippen LogP contribution is -2.46. The van der Waals surface area contributed by atoms with Gasteiger partial charge in [0.1, 0.15) is 5.76 Å². The Morgan fingerprint density at radius 1 is 1.22 bits per heavy atom. The molecule has 1 unspecified atom stereocenters. The summed E-state index contributed by atoms with van der Waals surface area (Å²) in [6.07, 6.45) is 3.13. The lowest BCUT2D eigenvalue weighted by Gasteiger charge is -2.15. The molecule has 0 aliphatic rings. The molecule has 0 radical (unpaired) electrons. The maximum atomic E-state index is 13.4. The summed E-state index contributed by atoms with van der Waals surface area (Å²) >= 11 is 0. The van der Waals surface area contributed by atoms with Crippen LogP contribution in [-0.2, 0) is 9.59 Å². The summed E-state index contributed by atoms with van der Waals surface area (Å²) in [6.45, 7) is 1.44. The first-order chi connectivity index (χ1) is 11.1. The fraction of sp³-hybridized carbons (Fsp3) is 0.125. The molecule has 6 nitrogen and oxygen atoms in total. The Labute approximate surface area is 131 Å². The van der Waals surface area contributed by atoms with Gasteiger partial charge in [-0.25, -0.2) is 4.39 Å². The Balaban J connectivity index is 1.79. The molecule has 0 saturated carbocycles. The van der Waals surface area contributed by atoms with Crippen LogP contribution >= 0.6 is 0 Å². The number of halogens is 1. The molecule has 1 atom stereocenters. The number of carbonyl (C=O) groups excluding carboxylic acids is 2. The first kappa shape index (κ1) is 16.3. The summed E-state index contributed by atoms with van der Waals surface area (Å²) in [5.74, 6) is -1.28. The van der Waals surface area contributed by atoms with Crippen LogP contribution in [0.4, 0.5) is 4.39 Å². The van der Waals surface area contributed by atoms with E-state index in [0.717, 1.165) is 0 Å². The van der Waals surface area contributed by atoms with E-state index in [-0.39, 0.29) is 5.75 Å². The van der Waals surface area contributed by atoms with E-state index < -0.39 is 23.7 Å². The van der Waals surface area contributed by atoms with E-state index in [1.807, 2.05) is 0 Å². The monoisotopic (exact) mass is 318 g/mol. The highest BCUT2D eigenvalue weighted by molar-refractivity contribution is 5.93. The standard InChI is InChI=1S/C16H15FN2O4/c1-11(23-14-7-3-2-6-13(14)17)16(21)19-18-15(20)9-8-12-5-4-10-22-12/h2-11H,1H3,(H,18,20)(H,19,21)/b9-8+. The predicted molar refractivity (Wildman–Crippen MR) is 80.5 cm³/mol. The van der Waals surface area contributed by atoms with E-state index in [1.54, 1.807) is 18.2 Å². The van der Waals surface area contributed by atoms with Crippen molar-refractivity contribution in [3.05, 3.63) is 60.3 Å². The van der Waals surface area contributed by atoms with Crippen LogP contribution in [0.2, 0.25) is 0 Å². The van der Waals surface area contributed by atoms with Crippen molar-refractivity contribution in [2.45, 2.75) is 13.0 Å². The molecule has 1 aromatic heterocycles. The second-order valence-corrected chi connectivity index (χ2v) is 4.52. The minimum atomic E-state index is -0.985. The molecule has 120 valence electrons. The molecule has 0 fully saturated rings. The molecule has 0 aliphatic heterocycles. The predicted octanol–water partition coefficient (Wildman–Crippen LogP) is 2.05. The largest absolute Gasteiger partial charge is 0.478 e. The number of hydrazine groups is 1. The number of rotatable bonds is 5. The van der Waals surface area contributed by atoms with E-state index in [9.17, 15) is 14.0 Å². The van der Waals surface area contributed by atoms with Gasteiger partial charge in [0, 0.05) is 6.08 Å². The third-order valence-corrected chi connectivity index (χ3v) is 2.76. The smallest absolute Gasteiger partial charge is 0.279 e. The molecular weight excluding hydrogens is 303 g/mol. The molecule has 2 N–H and O–H groups in total. The van der Waals surface area contributed by atoms with Crippen molar-refractivity contribution in [3.63, 3.8) is 0 Å². The zero-order chi connectivity index (χ0) is 16.7. The van der Waals surface area contributed by atoms with Crippen molar-refractivity contribution in [3.8, 4) is 5.75 Å². The summed E-state index contributed by atoms with van der Waals surface area (Å²) in [4.78, 5) is 23.3. The maximum Gasteiger partial charge on any atom is 0.279 e. The minimum Gasteiger partial charge on any atom is -0.478 e. The van der Waals surface area contributed by atoms with Crippen LogP contribution in [0, 0.1) is 5.82 Å². The second kappa shape index (κ2) is 7.79. The number of nitrogens with one attached hydrogen (secondary N) is 2. The minimum absolute atomic E-state index is 0.0424. The van der Waals surface area contributed by atoms with Crippen LogP contribution in [0.25, 0.3) is 6.08 Å². The third kappa shape index (κ3) is 4.99. The molecule has 1 heterocycles. The maximum absolute atomic E-state index is 13.4. The summed E-state index contributed by atoms with van der Waals surface area (Å²) < 4.78 is 23.6. The highest BCUT2D eigenvalue weighted by Gasteiger charge is 2.16. The van der Waals surface area contributed by atoms with Crippen molar-refractivity contribution in [1.29, 1.82) is 0 Å². The van der Waals surface area contributed by atoms with Gasteiger partial charge in [0.25, 0.3) is 11.8 Å². The number of ether oxygens (including phenoxy) is 1. The summed E-state index contributed by atoms with van der Waals surface area (Å²) in [5, 5.41) is 0. The Bertz CT molecular complexity index is 698. The average Bonchev–Trinajstić information content (AvgIpc) is 3.06. The average molecular weight is 318 g/mol. The van der Waals surface area contributed by atoms with Gasteiger partial charge in [-0.15, -0.1) is 0 Å². The van der Waals surface area contributed by atoms with Crippen LogP contribution < -0.4 is 15.6 Å². The third-order valence-electron chi connectivity index (χ3n) is 2.76. The van der Waals surface area contributed by atoms with Gasteiger partial charge in [0.2, 0.25) is 0 Å². The SMILES string of the molecule is CC(Oc1ccccc1F)C(=O)NNC(=O)/C=C/c1ccco1. The van der Waals surface area contributed by atoms with E-state index in [1.165, 1.54) is 43.5 Å². The summed E-state index contributed by atoms with van der Waals surface area (Å²) in [7, 11) is 0. The molecule has 23 heavy (non-hydrogen) atoms. The molecule has 0 spiro atoms. The number of furan rings is 1. The van der Waals surface area contributed by atoms with Crippen molar-refractivity contribution in [2.75, 3.05) is 0 Å². The lowest BCUT2D eigenvalue weighted by molar-refractivity contribution is -0.131. The van der Waals surface area contributed by atoms with Crippen molar-refractivity contribution in [2.24, 2.45) is 0 Å². The zero-order valence-corrected chi connectivity index (χ0v) is 12.3. The number of hydrogen-bond donors (Lipinski definition) is 2. The highest BCUT2D eigenvalue weighted by Crippen LogP contribution is 2.16. The zero-order valence-electron chi connectivity index (χ0n) is 12.3. The number of amides is 2. The van der Waals surface area contributed by atoms with Gasteiger partial charge in [0.15, 0.2) is 17.7 Å².